The van der Waals surface area contributed by atoms with Crippen molar-refractivity contribution in [2.45, 2.75) is 13.0 Å². The molecule has 3 N–H and O–H groups in total. The zero-order valence-corrected chi connectivity index (χ0v) is 10.9. The third-order valence-corrected chi connectivity index (χ3v) is 2.59. The molecular weight excluding hydrogens is 254 g/mol. The summed E-state index contributed by atoms with van der Waals surface area (Å²) in [6, 6.07) is 7.08. The third-order valence-electron chi connectivity index (χ3n) is 2.59. The molecule has 1 amide bonds. The molecule has 5 heteroatoms. The summed E-state index contributed by atoms with van der Waals surface area (Å²) in [4.78, 5) is 18.8. The second-order valence-corrected chi connectivity index (χ2v) is 4.12. The van der Waals surface area contributed by atoms with E-state index < -0.39 is 0 Å². The molecule has 0 saturated carbocycles. The van der Waals surface area contributed by atoms with Gasteiger partial charge in [-0.2, -0.15) is 0 Å². The highest BCUT2D eigenvalue weighted by atomic mass is 16.2. The molecule has 2 rings (SSSR count). The molecule has 0 spiro atoms. The molecule has 1 heterocycles. The van der Waals surface area contributed by atoms with Crippen molar-refractivity contribution in [2.75, 3.05) is 6.61 Å². The highest BCUT2D eigenvalue weighted by molar-refractivity contribution is 5.94. The molecule has 1 aromatic carbocycles. The fraction of sp³-hybridized carbons (Fsp3) is 0.200. The van der Waals surface area contributed by atoms with Crippen molar-refractivity contribution in [1.82, 2.24) is 15.3 Å². The van der Waals surface area contributed by atoms with Gasteiger partial charge in [-0.3, -0.25) is 4.79 Å². The van der Waals surface area contributed by atoms with Crippen LogP contribution < -0.4 is 5.32 Å². The number of carbonyl (C=O) groups excluding carboxylic acids is 1. The minimum Gasteiger partial charge on any atom is -0.395 e. The number of aromatic nitrogens is 2. The van der Waals surface area contributed by atoms with Gasteiger partial charge in [0, 0.05) is 23.7 Å². The standard InChI is InChI=1S/C15H15N3O2/c19-7-2-1-4-12-5-3-6-13(8-12)15(20)17-10-14-9-16-11-18-14/h3,5-6,8-9,11,19H,2,7,10H2,(H,16,18)(H,17,20). The maximum absolute atomic E-state index is 12.0. The molecule has 0 aliphatic heterocycles. The zero-order chi connectivity index (χ0) is 14.2. The Bertz CT molecular complexity index is 624. The third kappa shape index (κ3) is 3.97. The van der Waals surface area contributed by atoms with Gasteiger partial charge >= 0.3 is 0 Å². The smallest absolute Gasteiger partial charge is 0.251 e. The molecule has 0 aliphatic rings. The second kappa shape index (κ2) is 7.12. The summed E-state index contributed by atoms with van der Waals surface area (Å²) in [6.07, 6.45) is 3.66. The van der Waals surface area contributed by atoms with Gasteiger partial charge in [-0.25, -0.2) is 4.98 Å². The lowest BCUT2D eigenvalue weighted by Gasteiger charge is -2.04. The van der Waals surface area contributed by atoms with Gasteiger partial charge in [-0.15, -0.1) is 0 Å². The predicted molar refractivity (Wildman–Crippen MR) is 74.8 cm³/mol. The molecule has 0 saturated heterocycles. The van der Waals surface area contributed by atoms with Crippen LogP contribution in [0, 0.1) is 11.8 Å². The average molecular weight is 269 g/mol. The lowest BCUT2D eigenvalue weighted by Crippen LogP contribution is -2.22. The largest absolute Gasteiger partial charge is 0.395 e. The van der Waals surface area contributed by atoms with Crippen LogP contribution in [0.25, 0.3) is 0 Å². The molecule has 102 valence electrons. The molecule has 0 unspecified atom stereocenters. The van der Waals surface area contributed by atoms with Gasteiger partial charge in [0.25, 0.3) is 5.91 Å². The van der Waals surface area contributed by atoms with E-state index >= 15 is 0 Å². The monoisotopic (exact) mass is 269 g/mol. The summed E-state index contributed by atoms with van der Waals surface area (Å²) >= 11 is 0. The molecular formula is C15H15N3O2. The number of nitrogens with one attached hydrogen (secondary N) is 2. The Labute approximate surface area is 117 Å². The van der Waals surface area contributed by atoms with Crippen molar-refractivity contribution >= 4 is 5.91 Å². The fourth-order valence-electron chi connectivity index (χ4n) is 1.62. The summed E-state index contributed by atoms with van der Waals surface area (Å²) in [7, 11) is 0. The lowest BCUT2D eigenvalue weighted by atomic mass is 10.1. The van der Waals surface area contributed by atoms with Gasteiger partial charge in [0.1, 0.15) is 0 Å². The van der Waals surface area contributed by atoms with Gasteiger partial charge in [-0.1, -0.05) is 17.9 Å². The molecule has 0 aliphatic carbocycles. The van der Waals surface area contributed by atoms with Gasteiger partial charge in [-0.05, 0) is 18.2 Å². The van der Waals surface area contributed by atoms with E-state index in [2.05, 4.69) is 27.1 Å². The van der Waals surface area contributed by atoms with Crippen molar-refractivity contribution in [3.8, 4) is 11.8 Å². The molecule has 0 atom stereocenters. The maximum Gasteiger partial charge on any atom is 0.251 e. The maximum atomic E-state index is 12.0. The van der Waals surface area contributed by atoms with E-state index in [0.717, 1.165) is 11.3 Å². The summed E-state index contributed by atoms with van der Waals surface area (Å²) in [5.41, 5.74) is 2.16. The fourth-order valence-corrected chi connectivity index (χ4v) is 1.62. The number of aromatic amines is 1. The number of H-pyrrole nitrogens is 1. The Morgan fingerprint density at radius 2 is 2.35 bits per heavy atom. The van der Waals surface area contributed by atoms with E-state index in [1.807, 2.05) is 6.07 Å². The Hall–Kier alpha value is -2.58. The highest BCUT2D eigenvalue weighted by Gasteiger charge is 2.05. The number of hydrogen-bond donors (Lipinski definition) is 3. The molecule has 0 fully saturated rings. The van der Waals surface area contributed by atoms with Gasteiger partial charge < -0.3 is 15.4 Å². The SMILES string of the molecule is O=C(NCc1cnc[nH]1)c1cccc(C#CCCO)c1. The van der Waals surface area contributed by atoms with Gasteiger partial charge in [0.05, 0.1) is 25.2 Å². The summed E-state index contributed by atoms with van der Waals surface area (Å²) < 4.78 is 0. The zero-order valence-electron chi connectivity index (χ0n) is 10.9. The minimum atomic E-state index is -0.162. The van der Waals surface area contributed by atoms with Gasteiger partial charge in [0.2, 0.25) is 0 Å². The van der Waals surface area contributed by atoms with Crippen molar-refractivity contribution in [2.24, 2.45) is 0 Å². The Kier molecular flexibility index (Phi) is 4.93. The quantitative estimate of drug-likeness (QED) is 0.727. The van der Waals surface area contributed by atoms with Crippen LogP contribution in [0.15, 0.2) is 36.8 Å². The second-order valence-electron chi connectivity index (χ2n) is 4.12. The topological polar surface area (TPSA) is 78.0 Å². The van der Waals surface area contributed by atoms with Crippen LogP contribution >= 0.6 is 0 Å². The molecule has 5 nitrogen and oxygen atoms in total. The summed E-state index contributed by atoms with van der Waals surface area (Å²) in [6.45, 7) is 0.441. The number of benzene rings is 1. The van der Waals surface area contributed by atoms with Crippen molar-refractivity contribution in [1.29, 1.82) is 0 Å². The van der Waals surface area contributed by atoms with Crippen molar-refractivity contribution < 1.29 is 9.90 Å². The Morgan fingerprint density at radius 3 is 3.10 bits per heavy atom. The van der Waals surface area contributed by atoms with Crippen LogP contribution in [-0.2, 0) is 6.54 Å². The summed E-state index contributed by atoms with van der Waals surface area (Å²) in [5, 5.41) is 11.5. The number of aliphatic hydroxyl groups is 1. The predicted octanol–water partition coefficient (Wildman–Crippen LogP) is 1.07. The van der Waals surface area contributed by atoms with Crippen LogP contribution in [0.3, 0.4) is 0 Å². The first kappa shape index (κ1) is 13.8. The van der Waals surface area contributed by atoms with Gasteiger partial charge in [0.15, 0.2) is 0 Å². The van der Waals surface area contributed by atoms with E-state index in [9.17, 15) is 4.79 Å². The van der Waals surface area contributed by atoms with E-state index in [1.165, 1.54) is 0 Å². The van der Waals surface area contributed by atoms with Crippen LogP contribution in [0.1, 0.15) is 28.0 Å². The normalized spacial score (nSPS) is 9.65. The van der Waals surface area contributed by atoms with Crippen LogP contribution in [0.5, 0.6) is 0 Å². The number of amides is 1. The number of imidazole rings is 1. The first-order valence-corrected chi connectivity index (χ1v) is 6.25. The summed E-state index contributed by atoms with van der Waals surface area (Å²) in [5.74, 6) is 5.57. The number of carbonyl (C=O) groups is 1. The first-order chi connectivity index (χ1) is 9.79. The van der Waals surface area contributed by atoms with Crippen LogP contribution in [0.4, 0.5) is 0 Å². The van der Waals surface area contributed by atoms with E-state index in [-0.39, 0.29) is 12.5 Å². The van der Waals surface area contributed by atoms with E-state index in [1.54, 1.807) is 30.7 Å². The number of nitrogens with zero attached hydrogens (tertiary/aromatic N) is 1. The molecule has 2 aromatic rings. The Balaban J connectivity index is 1.99. The Morgan fingerprint density at radius 1 is 1.45 bits per heavy atom. The average Bonchev–Trinajstić information content (AvgIpc) is 2.99. The minimum absolute atomic E-state index is 0.0390. The van der Waals surface area contributed by atoms with Crippen molar-refractivity contribution in [3.05, 3.63) is 53.6 Å². The molecule has 1 aromatic heterocycles. The lowest BCUT2D eigenvalue weighted by molar-refractivity contribution is 0.0950. The van der Waals surface area contributed by atoms with E-state index in [4.69, 9.17) is 5.11 Å². The molecule has 20 heavy (non-hydrogen) atoms. The highest BCUT2D eigenvalue weighted by Crippen LogP contribution is 2.04. The molecule has 0 radical (unpaired) electrons. The van der Waals surface area contributed by atoms with Crippen LogP contribution in [0.2, 0.25) is 0 Å². The van der Waals surface area contributed by atoms with Crippen molar-refractivity contribution in [3.63, 3.8) is 0 Å². The number of hydrogen-bond acceptors (Lipinski definition) is 3. The number of aliphatic hydroxyl groups excluding tert-OH is 1. The van der Waals surface area contributed by atoms with E-state index in [0.29, 0.717) is 18.5 Å². The molecule has 0 bridgehead atoms. The number of rotatable bonds is 4. The van der Waals surface area contributed by atoms with Crippen LogP contribution in [-0.4, -0.2) is 27.6 Å². The first-order valence-electron chi connectivity index (χ1n) is 6.25.